The third kappa shape index (κ3) is 3.39. The molecule has 142 valence electrons. The smallest absolute Gasteiger partial charge is 0.242 e. The predicted octanol–water partition coefficient (Wildman–Crippen LogP) is 5.86. The molecule has 0 fully saturated rings. The molecule has 0 saturated carbocycles. The van der Waals surface area contributed by atoms with Crippen LogP contribution in [0.4, 0.5) is 11.4 Å². The normalized spacial score (nSPS) is 12.5. The molecule has 0 spiro atoms. The minimum absolute atomic E-state index is 0.0375. The molecule has 2 heterocycles. The number of nitrogens with zero attached hydrogens (tertiary/aromatic N) is 3. The lowest BCUT2D eigenvalue weighted by molar-refractivity contribution is -0.115. The Morgan fingerprint density at radius 2 is 1.52 bits per heavy atom. The van der Waals surface area contributed by atoms with Gasteiger partial charge in [-0.1, -0.05) is 66.0 Å². The first-order valence-corrected chi connectivity index (χ1v) is 11.1. The van der Waals surface area contributed by atoms with Crippen LogP contribution in [0.3, 0.4) is 0 Å². The van der Waals surface area contributed by atoms with E-state index in [1.165, 1.54) is 11.8 Å². The van der Waals surface area contributed by atoms with Gasteiger partial charge in [-0.3, -0.25) is 9.69 Å². The van der Waals surface area contributed by atoms with Crippen molar-refractivity contribution >= 4 is 51.7 Å². The van der Waals surface area contributed by atoms with E-state index in [9.17, 15) is 4.79 Å². The van der Waals surface area contributed by atoms with Crippen LogP contribution >= 0.6 is 23.5 Å². The van der Waals surface area contributed by atoms with Crippen LogP contribution in [0.2, 0.25) is 0 Å². The zero-order valence-electron chi connectivity index (χ0n) is 15.7. The third-order valence-electron chi connectivity index (χ3n) is 4.69. The van der Waals surface area contributed by atoms with Gasteiger partial charge in [-0.05, 0) is 37.3 Å². The topological polar surface area (TPSA) is 46.1 Å². The lowest BCUT2D eigenvalue weighted by Crippen LogP contribution is -2.30. The maximum atomic E-state index is 13.4. The molecule has 3 aromatic carbocycles. The lowest BCUT2D eigenvalue weighted by atomic mass is 10.2. The van der Waals surface area contributed by atoms with Gasteiger partial charge >= 0.3 is 0 Å². The Labute approximate surface area is 177 Å². The summed E-state index contributed by atoms with van der Waals surface area (Å²) in [5.41, 5.74) is 2.77. The van der Waals surface area contributed by atoms with Crippen molar-refractivity contribution in [1.82, 2.24) is 9.97 Å². The highest BCUT2D eigenvalue weighted by atomic mass is 32.2. The van der Waals surface area contributed by atoms with Gasteiger partial charge < -0.3 is 0 Å². The van der Waals surface area contributed by atoms with Gasteiger partial charge in [0.05, 0.1) is 22.6 Å². The summed E-state index contributed by atoms with van der Waals surface area (Å²) >= 11 is 3.17. The average molecular weight is 416 g/mol. The van der Waals surface area contributed by atoms with Crippen molar-refractivity contribution in [1.29, 1.82) is 0 Å². The number of aromatic nitrogens is 2. The summed E-state index contributed by atoms with van der Waals surface area (Å²) < 4.78 is 0. The van der Waals surface area contributed by atoms with Gasteiger partial charge in [0.2, 0.25) is 5.91 Å². The average Bonchev–Trinajstić information content (AvgIpc) is 2.75. The molecule has 0 N–H and O–H groups in total. The second kappa shape index (κ2) is 7.54. The lowest BCUT2D eigenvalue weighted by Gasteiger charge is -2.31. The number of thioether (sulfide) groups is 1. The van der Waals surface area contributed by atoms with Crippen molar-refractivity contribution in [3.05, 3.63) is 78.6 Å². The van der Waals surface area contributed by atoms with Crippen molar-refractivity contribution in [2.75, 3.05) is 10.7 Å². The molecule has 1 aliphatic heterocycles. The molecule has 29 heavy (non-hydrogen) atoms. The molecule has 0 radical (unpaired) electrons. The highest BCUT2D eigenvalue weighted by Crippen LogP contribution is 2.48. The molecule has 0 aliphatic carbocycles. The van der Waals surface area contributed by atoms with Gasteiger partial charge in [0, 0.05) is 15.2 Å². The van der Waals surface area contributed by atoms with Crippen molar-refractivity contribution in [2.45, 2.75) is 21.7 Å². The largest absolute Gasteiger partial charge is 0.278 e. The third-order valence-corrected chi connectivity index (χ3v) is 6.80. The highest BCUT2D eigenvalue weighted by molar-refractivity contribution is 8.00. The van der Waals surface area contributed by atoms with Crippen LogP contribution in [0.25, 0.3) is 10.9 Å². The summed E-state index contributed by atoms with van der Waals surface area (Å²) in [7, 11) is 0. The minimum atomic E-state index is 0.0375. The fourth-order valence-electron chi connectivity index (χ4n) is 3.44. The standard InChI is InChI=1S/C23H17N3OS2/c1-15-24-17-9-3-2-8-16(17)23(25-15)28-14-22(27)26-18-10-4-6-12-20(18)29-21-13-7-5-11-19(21)26/h2-13H,14H2,1H3. The van der Waals surface area contributed by atoms with Gasteiger partial charge in [-0.25, -0.2) is 9.97 Å². The molecule has 4 aromatic rings. The Morgan fingerprint density at radius 3 is 2.24 bits per heavy atom. The summed E-state index contributed by atoms with van der Waals surface area (Å²) in [6, 6.07) is 24.0. The Morgan fingerprint density at radius 1 is 0.897 bits per heavy atom. The van der Waals surface area contributed by atoms with E-state index in [4.69, 9.17) is 0 Å². The maximum absolute atomic E-state index is 13.4. The number of carbonyl (C=O) groups excluding carboxylic acids is 1. The van der Waals surface area contributed by atoms with E-state index in [2.05, 4.69) is 22.1 Å². The van der Waals surface area contributed by atoms with E-state index in [1.54, 1.807) is 11.8 Å². The number of para-hydroxylation sites is 3. The summed E-state index contributed by atoms with van der Waals surface area (Å²) in [4.78, 5) is 26.5. The van der Waals surface area contributed by atoms with E-state index in [0.29, 0.717) is 11.6 Å². The molecule has 6 heteroatoms. The number of hydrogen-bond acceptors (Lipinski definition) is 5. The van der Waals surface area contributed by atoms with Crippen molar-refractivity contribution in [2.24, 2.45) is 0 Å². The van der Waals surface area contributed by atoms with Crippen molar-refractivity contribution in [3.63, 3.8) is 0 Å². The number of hydrogen-bond donors (Lipinski definition) is 0. The Balaban J connectivity index is 1.48. The van der Waals surface area contributed by atoms with Crippen LogP contribution in [-0.2, 0) is 4.79 Å². The first-order valence-electron chi connectivity index (χ1n) is 9.26. The molecule has 0 atom stereocenters. The van der Waals surface area contributed by atoms with Gasteiger partial charge in [-0.15, -0.1) is 0 Å². The molecule has 0 bridgehead atoms. The second-order valence-corrected chi connectivity index (χ2v) is 8.70. The zero-order chi connectivity index (χ0) is 19.8. The van der Waals surface area contributed by atoms with Gasteiger partial charge in [0.25, 0.3) is 0 Å². The number of amides is 1. The van der Waals surface area contributed by atoms with Crippen molar-refractivity contribution in [3.8, 4) is 0 Å². The van der Waals surface area contributed by atoms with E-state index >= 15 is 0 Å². The Bertz CT molecular complexity index is 1200. The van der Waals surface area contributed by atoms with Gasteiger partial charge in [0.1, 0.15) is 10.9 Å². The summed E-state index contributed by atoms with van der Waals surface area (Å²) in [6.07, 6.45) is 0. The van der Waals surface area contributed by atoms with E-state index in [-0.39, 0.29) is 5.91 Å². The molecular weight excluding hydrogens is 398 g/mol. The molecule has 1 amide bonds. The molecule has 0 unspecified atom stereocenters. The first kappa shape index (κ1) is 18.2. The molecule has 0 saturated heterocycles. The van der Waals surface area contributed by atoms with Crippen LogP contribution in [0.15, 0.2) is 87.6 Å². The van der Waals surface area contributed by atoms with Crippen LogP contribution in [0.1, 0.15) is 5.82 Å². The number of anilines is 2. The first-order chi connectivity index (χ1) is 14.2. The number of aryl methyl sites for hydroxylation is 1. The second-order valence-electron chi connectivity index (χ2n) is 6.65. The number of carbonyl (C=O) groups is 1. The highest BCUT2D eigenvalue weighted by Gasteiger charge is 2.27. The Kier molecular flexibility index (Phi) is 4.73. The minimum Gasteiger partial charge on any atom is -0.278 e. The fourth-order valence-corrected chi connectivity index (χ4v) is 5.41. The van der Waals surface area contributed by atoms with Crippen LogP contribution in [-0.4, -0.2) is 21.6 Å². The maximum Gasteiger partial charge on any atom is 0.242 e. The number of rotatable bonds is 3. The number of benzene rings is 3. The quantitative estimate of drug-likeness (QED) is 0.310. The molecule has 1 aromatic heterocycles. The molecular formula is C23H17N3OS2. The molecule has 4 nitrogen and oxygen atoms in total. The zero-order valence-corrected chi connectivity index (χ0v) is 17.3. The van der Waals surface area contributed by atoms with Crippen LogP contribution in [0, 0.1) is 6.92 Å². The summed E-state index contributed by atoms with van der Waals surface area (Å²) in [5, 5.41) is 1.82. The monoisotopic (exact) mass is 415 g/mol. The van der Waals surface area contributed by atoms with Crippen molar-refractivity contribution < 1.29 is 4.79 Å². The van der Waals surface area contributed by atoms with Crippen LogP contribution < -0.4 is 4.90 Å². The van der Waals surface area contributed by atoms with Gasteiger partial charge in [0.15, 0.2) is 0 Å². The predicted molar refractivity (Wildman–Crippen MR) is 119 cm³/mol. The SMILES string of the molecule is Cc1nc(SCC(=O)N2c3ccccc3Sc3ccccc32)c2ccccc2n1. The Hall–Kier alpha value is -2.83. The summed E-state index contributed by atoms with van der Waals surface area (Å²) in [5.74, 6) is 1.05. The van der Waals surface area contributed by atoms with E-state index in [0.717, 1.165) is 37.1 Å². The molecule has 1 aliphatic rings. The van der Waals surface area contributed by atoms with E-state index < -0.39 is 0 Å². The van der Waals surface area contributed by atoms with Crippen LogP contribution in [0.5, 0.6) is 0 Å². The molecule has 5 rings (SSSR count). The summed E-state index contributed by atoms with van der Waals surface area (Å²) in [6.45, 7) is 1.88. The van der Waals surface area contributed by atoms with E-state index in [1.807, 2.05) is 72.5 Å². The number of fused-ring (bicyclic) bond motifs is 3. The van der Waals surface area contributed by atoms with Gasteiger partial charge in [-0.2, -0.15) is 0 Å². The fraction of sp³-hybridized carbons (Fsp3) is 0.0870.